The third kappa shape index (κ3) is 5.55. The lowest BCUT2D eigenvalue weighted by molar-refractivity contribution is -0.115. The Balaban J connectivity index is 1.67. The van der Waals surface area contributed by atoms with Crippen LogP contribution in [0.5, 0.6) is 0 Å². The smallest absolute Gasteiger partial charge is 0.253 e. The van der Waals surface area contributed by atoms with Gasteiger partial charge in [-0.2, -0.15) is 5.10 Å². The van der Waals surface area contributed by atoms with Crippen LogP contribution < -0.4 is 5.32 Å². The summed E-state index contributed by atoms with van der Waals surface area (Å²) >= 11 is 0. The van der Waals surface area contributed by atoms with Gasteiger partial charge in [-0.1, -0.05) is 35.9 Å². The van der Waals surface area contributed by atoms with Gasteiger partial charge in [0, 0.05) is 26.3 Å². The molecule has 1 N–H and O–H groups in total. The molecule has 0 aliphatic heterocycles. The number of aromatic nitrogens is 2. The number of ether oxygens (including phenoxy) is 1. The van der Waals surface area contributed by atoms with Crippen molar-refractivity contribution in [2.24, 2.45) is 0 Å². The molecule has 156 valence electrons. The molecule has 0 saturated carbocycles. The highest BCUT2D eigenvalue weighted by molar-refractivity contribution is 5.94. The Morgan fingerprint density at radius 1 is 1.17 bits per heavy atom. The van der Waals surface area contributed by atoms with E-state index >= 15 is 0 Å². The maximum atomic E-state index is 12.6. The van der Waals surface area contributed by atoms with Gasteiger partial charge in [-0.15, -0.1) is 0 Å². The van der Waals surface area contributed by atoms with Gasteiger partial charge in [0.1, 0.15) is 0 Å². The topological polar surface area (TPSA) is 76.5 Å². The van der Waals surface area contributed by atoms with E-state index in [4.69, 9.17) is 4.74 Å². The Morgan fingerprint density at radius 3 is 2.73 bits per heavy atom. The third-order valence-corrected chi connectivity index (χ3v) is 4.65. The maximum Gasteiger partial charge on any atom is 0.253 e. The minimum Gasteiger partial charge on any atom is -0.383 e. The van der Waals surface area contributed by atoms with Crippen molar-refractivity contribution in [3.05, 3.63) is 77.6 Å². The van der Waals surface area contributed by atoms with Gasteiger partial charge in [0.05, 0.1) is 36.8 Å². The largest absolute Gasteiger partial charge is 0.383 e. The summed E-state index contributed by atoms with van der Waals surface area (Å²) in [7, 11) is 3.34. The summed E-state index contributed by atoms with van der Waals surface area (Å²) in [5.41, 5.74) is 3.98. The van der Waals surface area contributed by atoms with Gasteiger partial charge in [-0.05, 0) is 30.7 Å². The first-order chi connectivity index (χ1) is 14.5. The molecule has 2 amide bonds. The Bertz CT molecular complexity index is 1030. The normalized spacial score (nSPS) is 10.6. The lowest BCUT2D eigenvalue weighted by Crippen LogP contribution is -2.29. The van der Waals surface area contributed by atoms with Crippen LogP contribution >= 0.6 is 0 Å². The van der Waals surface area contributed by atoms with Crippen LogP contribution in [0.2, 0.25) is 0 Å². The number of benzene rings is 2. The molecular weight excluding hydrogens is 380 g/mol. The second kappa shape index (κ2) is 9.84. The Hall–Kier alpha value is -3.45. The summed E-state index contributed by atoms with van der Waals surface area (Å²) in [6.07, 6.45) is 3.62. The predicted octanol–water partition coefficient (Wildman–Crippen LogP) is 3.08. The number of carbonyl (C=O) groups excluding carboxylic acids is 2. The number of aryl methyl sites for hydroxylation is 1. The highest BCUT2D eigenvalue weighted by atomic mass is 16.5. The molecule has 0 bridgehead atoms. The van der Waals surface area contributed by atoms with Crippen molar-refractivity contribution in [2.75, 3.05) is 32.6 Å². The molecular formula is C23H26N4O3. The molecule has 1 heterocycles. The van der Waals surface area contributed by atoms with Crippen LogP contribution in [0.1, 0.15) is 21.5 Å². The van der Waals surface area contributed by atoms with E-state index in [2.05, 4.69) is 10.4 Å². The molecule has 0 atom stereocenters. The van der Waals surface area contributed by atoms with Crippen molar-refractivity contribution >= 4 is 17.5 Å². The third-order valence-electron chi connectivity index (χ3n) is 4.65. The van der Waals surface area contributed by atoms with E-state index in [0.29, 0.717) is 30.8 Å². The SMILES string of the molecule is COCCN(C)C(=O)c1cccc(-n2cc(NC(=O)Cc3cccc(C)c3)cn2)c1. The van der Waals surface area contributed by atoms with Crippen molar-refractivity contribution in [1.82, 2.24) is 14.7 Å². The van der Waals surface area contributed by atoms with Gasteiger partial charge in [0.15, 0.2) is 0 Å². The van der Waals surface area contributed by atoms with Crippen molar-refractivity contribution in [3.63, 3.8) is 0 Å². The monoisotopic (exact) mass is 406 g/mol. The summed E-state index contributed by atoms with van der Waals surface area (Å²) in [4.78, 5) is 26.5. The fourth-order valence-corrected chi connectivity index (χ4v) is 3.07. The first-order valence-corrected chi connectivity index (χ1v) is 9.71. The van der Waals surface area contributed by atoms with Crippen molar-refractivity contribution < 1.29 is 14.3 Å². The van der Waals surface area contributed by atoms with Gasteiger partial charge < -0.3 is 15.0 Å². The second-order valence-electron chi connectivity index (χ2n) is 7.16. The first-order valence-electron chi connectivity index (χ1n) is 9.71. The molecule has 2 aromatic carbocycles. The molecule has 7 heteroatoms. The summed E-state index contributed by atoms with van der Waals surface area (Å²) in [5, 5.41) is 7.18. The van der Waals surface area contributed by atoms with E-state index in [-0.39, 0.29) is 11.8 Å². The molecule has 1 aromatic heterocycles. The van der Waals surface area contributed by atoms with Gasteiger partial charge in [0.25, 0.3) is 5.91 Å². The van der Waals surface area contributed by atoms with E-state index in [9.17, 15) is 9.59 Å². The summed E-state index contributed by atoms with van der Waals surface area (Å²) in [5.74, 6) is -0.198. The van der Waals surface area contributed by atoms with Gasteiger partial charge >= 0.3 is 0 Å². The molecule has 7 nitrogen and oxygen atoms in total. The van der Waals surface area contributed by atoms with E-state index < -0.39 is 0 Å². The van der Waals surface area contributed by atoms with Gasteiger partial charge in [-0.25, -0.2) is 4.68 Å². The van der Waals surface area contributed by atoms with Crippen LogP contribution in [-0.4, -0.2) is 53.8 Å². The summed E-state index contributed by atoms with van der Waals surface area (Å²) in [6.45, 7) is 2.99. The van der Waals surface area contributed by atoms with Crippen molar-refractivity contribution in [2.45, 2.75) is 13.3 Å². The van der Waals surface area contributed by atoms with Crippen LogP contribution in [0.4, 0.5) is 5.69 Å². The summed E-state index contributed by atoms with van der Waals surface area (Å²) < 4.78 is 6.66. The zero-order chi connectivity index (χ0) is 21.5. The minimum atomic E-state index is -0.108. The standard InChI is InChI=1S/C23H26N4O3/c1-17-6-4-7-18(12-17)13-22(28)25-20-15-24-27(16-20)21-9-5-8-19(14-21)23(29)26(2)10-11-30-3/h4-9,12,14-16H,10-11,13H2,1-3H3,(H,25,28). The van der Waals surface area contributed by atoms with Gasteiger partial charge in [0.2, 0.25) is 5.91 Å². The molecule has 0 saturated heterocycles. The first kappa shape index (κ1) is 21.3. The average molecular weight is 406 g/mol. The highest BCUT2D eigenvalue weighted by Gasteiger charge is 2.13. The van der Waals surface area contributed by atoms with Crippen molar-refractivity contribution in [1.29, 1.82) is 0 Å². The fraction of sp³-hybridized carbons (Fsp3) is 0.261. The highest BCUT2D eigenvalue weighted by Crippen LogP contribution is 2.15. The summed E-state index contributed by atoms with van der Waals surface area (Å²) in [6, 6.07) is 15.1. The Kier molecular flexibility index (Phi) is 6.98. The lowest BCUT2D eigenvalue weighted by Gasteiger charge is -2.17. The molecule has 0 fully saturated rings. The average Bonchev–Trinajstić information content (AvgIpc) is 3.19. The number of likely N-dealkylation sites (N-methyl/N-ethyl adjacent to an activating group) is 1. The van der Waals surface area contributed by atoms with Crippen LogP contribution in [0.3, 0.4) is 0 Å². The van der Waals surface area contributed by atoms with E-state index in [1.165, 1.54) is 0 Å². The van der Waals surface area contributed by atoms with Crippen LogP contribution in [0, 0.1) is 6.92 Å². The maximum absolute atomic E-state index is 12.6. The molecule has 0 unspecified atom stereocenters. The molecule has 0 spiro atoms. The Morgan fingerprint density at radius 2 is 1.97 bits per heavy atom. The lowest BCUT2D eigenvalue weighted by atomic mass is 10.1. The van der Waals surface area contributed by atoms with Crippen molar-refractivity contribution in [3.8, 4) is 5.69 Å². The number of nitrogens with zero attached hydrogens (tertiary/aromatic N) is 3. The van der Waals surface area contributed by atoms with E-state index in [0.717, 1.165) is 16.8 Å². The Labute approximate surface area is 176 Å². The fourth-order valence-electron chi connectivity index (χ4n) is 3.07. The van der Waals surface area contributed by atoms with Gasteiger partial charge in [-0.3, -0.25) is 9.59 Å². The zero-order valence-electron chi connectivity index (χ0n) is 17.5. The number of methoxy groups -OCH3 is 1. The number of hydrogen-bond donors (Lipinski definition) is 1. The predicted molar refractivity (Wildman–Crippen MR) is 116 cm³/mol. The minimum absolute atomic E-state index is 0.0901. The number of nitrogens with one attached hydrogen (secondary N) is 1. The number of anilines is 1. The quantitative estimate of drug-likeness (QED) is 0.624. The number of carbonyl (C=O) groups is 2. The number of hydrogen-bond acceptors (Lipinski definition) is 4. The van der Waals surface area contributed by atoms with Crippen LogP contribution in [0.15, 0.2) is 60.9 Å². The van der Waals surface area contributed by atoms with Crippen LogP contribution in [0.25, 0.3) is 5.69 Å². The number of amides is 2. The molecule has 0 aliphatic rings. The molecule has 30 heavy (non-hydrogen) atoms. The molecule has 3 aromatic rings. The number of rotatable bonds is 8. The van der Waals surface area contributed by atoms with E-state index in [1.807, 2.05) is 43.3 Å². The molecule has 3 rings (SSSR count). The zero-order valence-corrected chi connectivity index (χ0v) is 17.5. The molecule has 0 aliphatic carbocycles. The second-order valence-corrected chi connectivity index (χ2v) is 7.16. The van der Waals surface area contributed by atoms with Crippen LogP contribution in [-0.2, 0) is 16.0 Å². The molecule has 0 radical (unpaired) electrons. The van der Waals surface area contributed by atoms with E-state index in [1.54, 1.807) is 48.3 Å².